The first-order valence-corrected chi connectivity index (χ1v) is 13.5. The molecule has 0 aromatic heterocycles. The summed E-state index contributed by atoms with van der Waals surface area (Å²) in [7, 11) is 1.46. The fourth-order valence-electron chi connectivity index (χ4n) is 9.81. The first-order chi connectivity index (χ1) is 15.9. The van der Waals surface area contributed by atoms with Crippen LogP contribution in [0.15, 0.2) is 24.8 Å². The van der Waals surface area contributed by atoms with E-state index in [0.717, 1.165) is 25.7 Å². The third-order valence-corrected chi connectivity index (χ3v) is 11.9. The van der Waals surface area contributed by atoms with Gasteiger partial charge in [-0.2, -0.15) is 0 Å². The number of hydrogen-bond donors (Lipinski definition) is 1. The molecule has 4 saturated carbocycles. The highest BCUT2D eigenvalue weighted by Gasteiger charge is 2.81. The van der Waals surface area contributed by atoms with E-state index in [-0.39, 0.29) is 45.4 Å². The van der Waals surface area contributed by atoms with Gasteiger partial charge in [-0.05, 0) is 103 Å². The van der Waals surface area contributed by atoms with Gasteiger partial charge >= 0.3 is 5.97 Å². The van der Waals surface area contributed by atoms with Crippen molar-refractivity contribution in [2.45, 2.75) is 98.0 Å². The van der Waals surface area contributed by atoms with Crippen LogP contribution in [0.5, 0.6) is 0 Å². The zero-order chi connectivity index (χ0) is 25.1. The van der Waals surface area contributed by atoms with Gasteiger partial charge in [0.1, 0.15) is 0 Å². The van der Waals surface area contributed by atoms with Gasteiger partial charge in [0.25, 0.3) is 0 Å². The molecule has 0 heterocycles. The number of carbonyl (C=O) groups excluding carboxylic acids is 2. The van der Waals surface area contributed by atoms with Crippen molar-refractivity contribution >= 4 is 11.8 Å². The molecule has 4 aliphatic carbocycles. The highest BCUT2D eigenvalue weighted by atomic mass is 16.5. The SMILES string of the molecule is C=CC1C(O)CC2C3(C)CCC(C(C)CCC(=O)C(=C)C)C3(C)CCC23CC13CCC(=O)OC. The number of fused-ring (bicyclic) bond motifs is 2. The molecule has 4 heteroatoms. The van der Waals surface area contributed by atoms with E-state index in [1.807, 2.05) is 13.0 Å². The molecule has 34 heavy (non-hydrogen) atoms. The molecule has 4 fully saturated rings. The van der Waals surface area contributed by atoms with E-state index in [1.165, 1.54) is 32.8 Å². The maximum Gasteiger partial charge on any atom is 0.305 e. The number of hydrogen-bond acceptors (Lipinski definition) is 4. The summed E-state index contributed by atoms with van der Waals surface area (Å²) < 4.78 is 4.98. The van der Waals surface area contributed by atoms with Gasteiger partial charge in [0.05, 0.1) is 13.2 Å². The largest absolute Gasteiger partial charge is 0.469 e. The van der Waals surface area contributed by atoms with Gasteiger partial charge < -0.3 is 9.84 Å². The Morgan fingerprint density at radius 1 is 1.18 bits per heavy atom. The summed E-state index contributed by atoms with van der Waals surface area (Å²) in [6, 6.07) is 0. The zero-order valence-corrected chi connectivity index (χ0v) is 22.1. The number of methoxy groups -OCH3 is 1. The summed E-state index contributed by atoms with van der Waals surface area (Å²) in [4.78, 5) is 24.3. The molecule has 0 saturated heterocycles. The average Bonchev–Trinajstić information content (AvgIpc) is 3.38. The highest BCUT2D eigenvalue weighted by molar-refractivity contribution is 5.94. The lowest BCUT2D eigenvalue weighted by Gasteiger charge is -2.61. The Bertz CT molecular complexity index is 877. The van der Waals surface area contributed by atoms with Crippen LogP contribution in [0.2, 0.25) is 0 Å². The molecule has 0 radical (unpaired) electrons. The Kier molecular flexibility index (Phi) is 6.50. The monoisotopic (exact) mass is 470 g/mol. The van der Waals surface area contributed by atoms with Crippen LogP contribution in [0.1, 0.15) is 91.9 Å². The average molecular weight is 471 g/mol. The summed E-state index contributed by atoms with van der Waals surface area (Å²) in [5.74, 6) is 1.68. The van der Waals surface area contributed by atoms with Crippen LogP contribution in [-0.4, -0.2) is 30.1 Å². The van der Waals surface area contributed by atoms with Crippen molar-refractivity contribution in [1.29, 1.82) is 0 Å². The number of allylic oxidation sites excluding steroid dienone is 1. The Morgan fingerprint density at radius 2 is 1.88 bits per heavy atom. The molecule has 0 bridgehead atoms. The molecule has 0 aliphatic heterocycles. The van der Waals surface area contributed by atoms with E-state index in [0.29, 0.717) is 36.2 Å². The molecule has 1 spiro atoms. The van der Waals surface area contributed by atoms with Crippen molar-refractivity contribution in [1.82, 2.24) is 0 Å². The van der Waals surface area contributed by atoms with Crippen LogP contribution in [-0.2, 0) is 14.3 Å². The molecule has 0 amide bonds. The van der Waals surface area contributed by atoms with Crippen LogP contribution in [0.25, 0.3) is 0 Å². The number of carbonyl (C=O) groups is 2. The van der Waals surface area contributed by atoms with Crippen molar-refractivity contribution in [3.05, 3.63) is 24.8 Å². The normalized spacial score (nSPS) is 45.4. The fraction of sp³-hybridized carbons (Fsp3) is 0.800. The van der Waals surface area contributed by atoms with Crippen LogP contribution in [0.3, 0.4) is 0 Å². The molecule has 9 unspecified atom stereocenters. The standard InChI is InChI=1S/C30H46O4/c1-8-21-24(32)17-25-28(6)13-11-22(20(4)9-10-23(31)19(2)3)27(28,5)15-16-30(25)18-29(21,30)14-12-26(33)34-7/h8,20-22,24-25,32H,1-2,9-18H2,3-7H3. The smallest absolute Gasteiger partial charge is 0.305 e. The lowest BCUT2D eigenvalue weighted by atomic mass is 9.43. The molecule has 0 aromatic carbocycles. The van der Waals surface area contributed by atoms with Crippen molar-refractivity contribution in [3.8, 4) is 0 Å². The molecular formula is C30H46O4. The number of rotatable bonds is 9. The number of aliphatic hydroxyl groups excluding tert-OH is 1. The number of ketones is 1. The van der Waals surface area contributed by atoms with E-state index < -0.39 is 0 Å². The van der Waals surface area contributed by atoms with E-state index >= 15 is 0 Å². The lowest BCUT2D eigenvalue weighted by molar-refractivity contribution is -0.150. The third kappa shape index (κ3) is 3.41. The Balaban J connectivity index is 1.60. The summed E-state index contributed by atoms with van der Waals surface area (Å²) in [5.41, 5.74) is 1.24. The Labute approximate surface area is 206 Å². The second kappa shape index (κ2) is 8.61. The first kappa shape index (κ1) is 25.7. The number of ether oxygens (including phenoxy) is 1. The molecule has 190 valence electrons. The van der Waals surface area contributed by atoms with Crippen LogP contribution in [0, 0.1) is 45.3 Å². The van der Waals surface area contributed by atoms with Crippen molar-refractivity contribution in [2.24, 2.45) is 45.3 Å². The second-order valence-corrected chi connectivity index (χ2v) is 12.9. The summed E-state index contributed by atoms with van der Waals surface area (Å²) in [5, 5.41) is 11.3. The minimum atomic E-state index is -0.389. The molecule has 4 rings (SSSR count). The van der Waals surface area contributed by atoms with Gasteiger partial charge in [-0.1, -0.05) is 33.4 Å². The van der Waals surface area contributed by atoms with Crippen LogP contribution < -0.4 is 0 Å². The molecule has 4 nitrogen and oxygen atoms in total. The summed E-state index contributed by atoms with van der Waals surface area (Å²) in [6.45, 7) is 17.1. The van der Waals surface area contributed by atoms with Gasteiger partial charge in [0.15, 0.2) is 5.78 Å². The van der Waals surface area contributed by atoms with E-state index in [9.17, 15) is 14.7 Å². The Hall–Kier alpha value is -1.42. The number of aliphatic hydroxyl groups is 1. The molecular weight excluding hydrogens is 424 g/mol. The van der Waals surface area contributed by atoms with Crippen LogP contribution in [0.4, 0.5) is 0 Å². The maximum absolute atomic E-state index is 12.2. The molecule has 1 N–H and O–H groups in total. The van der Waals surface area contributed by atoms with Gasteiger partial charge in [0.2, 0.25) is 0 Å². The topological polar surface area (TPSA) is 63.6 Å². The number of esters is 1. The minimum absolute atomic E-state index is 0.0206. The predicted molar refractivity (Wildman–Crippen MR) is 135 cm³/mol. The highest BCUT2D eigenvalue weighted by Crippen LogP contribution is 2.87. The predicted octanol–water partition coefficient (Wildman–Crippen LogP) is 6.28. The molecule has 9 atom stereocenters. The summed E-state index contributed by atoms with van der Waals surface area (Å²) in [6.07, 6.45) is 11.1. The van der Waals surface area contributed by atoms with E-state index in [2.05, 4.69) is 33.9 Å². The van der Waals surface area contributed by atoms with Gasteiger partial charge in [-0.15, -0.1) is 6.58 Å². The minimum Gasteiger partial charge on any atom is -0.469 e. The summed E-state index contributed by atoms with van der Waals surface area (Å²) >= 11 is 0. The van der Waals surface area contributed by atoms with Crippen LogP contribution >= 0.6 is 0 Å². The number of Topliss-reactive ketones (excluding diaryl/α,β-unsaturated/α-hetero) is 1. The fourth-order valence-corrected chi connectivity index (χ4v) is 9.81. The third-order valence-electron chi connectivity index (χ3n) is 11.9. The Morgan fingerprint density at radius 3 is 2.50 bits per heavy atom. The molecule has 4 aliphatic rings. The zero-order valence-electron chi connectivity index (χ0n) is 22.1. The van der Waals surface area contributed by atoms with E-state index in [4.69, 9.17) is 4.74 Å². The van der Waals surface area contributed by atoms with Gasteiger partial charge in [-0.25, -0.2) is 0 Å². The first-order valence-electron chi connectivity index (χ1n) is 13.5. The van der Waals surface area contributed by atoms with Gasteiger partial charge in [-0.3, -0.25) is 9.59 Å². The van der Waals surface area contributed by atoms with E-state index in [1.54, 1.807) is 0 Å². The quantitative estimate of drug-likeness (QED) is 0.245. The van der Waals surface area contributed by atoms with Gasteiger partial charge in [0, 0.05) is 18.8 Å². The molecule has 0 aromatic rings. The van der Waals surface area contributed by atoms with Crippen molar-refractivity contribution < 1.29 is 19.4 Å². The van der Waals surface area contributed by atoms with Crippen molar-refractivity contribution in [2.75, 3.05) is 7.11 Å². The van der Waals surface area contributed by atoms with Crippen molar-refractivity contribution in [3.63, 3.8) is 0 Å². The second-order valence-electron chi connectivity index (χ2n) is 12.9. The lowest BCUT2D eigenvalue weighted by Crippen LogP contribution is -2.56. The maximum atomic E-state index is 12.2.